The minimum absolute atomic E-state index is 0.0228. The zero-order valence-electron chi connectivity index (χ0n) is 20.8. The Labute approximate surface area is 222 Å². The number of carbonyl (C=O) groups is 3. The average Bonchev–Trinajstić information content (AvgIpc) is 2.90. The highest BCUT2D eigenvalue weighted by molar-refractivity contribution is 6.10. The SMILES string of the molecule is C#Cc1ccc(N2CC(=O)N(Cc3ccc(C(F)(F)F)cc3)C3(CC(C(=O)N4CCOCC4)C3)C2=O)c(F)c1. The number of anilines is 1. The zero-order chi connectivity index (χ0) is 27.9. The molecule has 2 aromatic rings. The van der Waals surface area contributed by atoms with E-state index in [2.05, 4.69) is 5.92 Å². The van der Waals surface area contributed by atoms with Gasteiger partial charge in [-0.2, -0.15) is 13.2 Å². The summed E-state index contributed by atoms with van der Waals surface area (Å²) >= 11 is 0. The number of terminal acetylenes is 1. The normalized spacial score (nSPS) is 23.6. The van der Waals surface area contributed by atoms with E-state index in [1.165, 1.54) is 29.2 Å². The molecular formula is C28H25F4N3O4. The molecule has 2 aliphatic heterocycles. The summed E-state index contributed by atoms with van der Waals surface area (Å²) in [6, 6.07) is 8.24. The zero-order valence-corrected chi connectivity index (χ0v) is 20.8. The van der Waals surface area contributed by atoms with Crippen LogP contribution >= 0.6 is 0 Å². The van der Waals surface area contributed by atoms with E-state index < -0.39 is 47.4 Å². The first-order valence-electron chi connectivity index (χ1n) is 12.4. The molecule has 0 N–H and O–H groups in total. The molecule has 0 aromatic heterocycles. The van der Waals surface area contributed by atoms with Crippen molar-refractivity contribution in [1.82, 2.24) is 9.80 Å². The molecule has 0 radical (unpaired) electrons. The lowest BCUT2D eigenvalue weighted by Crippen LogP contribution is -2.74. The Morgan fingerprint density at radius 3 is 2.33 bits per heavy atom. The number of benzene rings is 2. The van der Waals surface area contributed by atoms with E-state index >= 15 is 0 Å². The number of morpholine rings is 1. The fraction of sp³-hybridized carbons (Fsp3) is 0.393. The van der Waals surface area contributed by atoms with Gasteiger partial charge in [-0.05, 0) is 48.7 Å². The minimum atomic E-state index is -4.52. The second-order valence-electron chi connectivity index (χ2n) is 9.95. The molecular weight excluding hydrogens is 518 g/mol. The van der Waals surface area contributed by atoms with Gasteiger partial charge in [-0.25, -0.2) is 4.39 Å². The highest BCUT2D eigenvalue weighted by Crippen LogP contribution is 2.48. The first kappa shape index (κ1) is 26.7. The Morgan fingerprint density at radius 1 is 1.08 bits per heavy atom. The number of nitrogens with zero attached hydrogens (tertiary/aromatic N) is 3. The molecule has 3 aliphatic rings. The number of amides is 3. The maximum absolute atomic E-state index is 14.9. The van der Waals surface area contributed by atoms with Crippen molar-refractivity contribution in [1.29, 1.82) is 0 Å². The molecule has 3 amide bonds. The van der Waals surface area contributed by atoms with Gasteiger partial charge in [0, 0.05) is 31.1 Å². The summed E-state index contributed by atoms with van der Waals surface area (Å²) in [5, 5.41) is 0. The van der Waals surface area contributed by atoms with Crippen molar-refractivity contribution in [3.05, 3.63) is 65.0 Å². The summed E-state index contributed by atoms with van der Waals surface area (Å²) in [5.74, 6) is -0.199. The first-order chi connectivity index (χ1) is 18.5. The van der Waals surface area contributed by atoms with E-state index in [1.807, 2.05) is 0 Å². The Bertz CT molecular complexity index is 1340. The maximum atomic E-state index is 14.9. The molecule has 0 atom stereocenters. The molecule has 39 heavy (non-hydrogen) atoms. The van der Waals surface area contributed by atoms with E-state index in [0.29, 0.717) is 31.9 Å². The summed E-state index contributed by atoms with van der Waals surface area (Å²) in [6.45, 7) is 1.05. The number of hydrogen-bond donors (Lipinski definition) is 0. The molecule has 2 heterocycles. The van der Waals surface area contributed by atoms with E-state index in [9.17, 15) is 31.9 Å². The van der Waals surface area contributed by atoms with Crippen LogP contribution < -0.4 is 4.90 Å². The lowest BCUT2D eigenvalue weighted by atomic mass is 9.64. The summed E-state index contributed by atoms with van der Waals surface area (Å²) in [5.41, 5.74) is -1.72. The van der Waals surface area contributed by atoms with Gasteiger partial charge in [0.05, 0.1) is 24.5 Å². The molecule has 0 bridgehead atoms. The fourth-order valence-electron chi connectivity index (χ4n) is 5.50. The van der Waals surface area contributed by atoms with Crippen LogP contribution in [-0.2, 0) is 31.8 Å². The van der Waals surface area contributed by atoms with Crippen molar-refractivity contribution in [2.45, 2.75) is 31.1 Å². The lowest BCUT2D eigenvalue weighted by molar-refractivity contribution is -0.168. The summed E-state index contributed by atoms with van der Waals surface area (Å²) in [7, 11) is 0. The molecule has 1 aliphatic carbocycles. The lowest BCUT2D eigenvalue weighted by Gasteiger charge is -2.57. The van der Waals surface area contributed by atoms with Crippen LogP contribution in [0.3, 0.4) is 0 Å². The van der Waals surface area contributed by atoms with Gasteiger partial charge in [-0.1, -0.05) is 18.1 Å². The van der Waals surface area contributed by atoms with Gasteiger partial charge in [0.15, 0.2) is 0 Å². The second kappa shape index (κ2) is 10.0. The van der Waals surface area contributed by atoms with Crippen molar-refractivity contribution in [2.24, 2.45) is 5.92 Å². The maximum Gasteiger partial charge on any atom is 0.416 e. The first-order valence-corrected chi connectivity index (χ1v) is 12.4. The Balaban J connectivity index is 1.45. The third-order valence-corrected chi connectivity index (χ3v) is 7.62. The van der Waals surface area contributed by atoms with Crippen LogP contribution in [0.4, 0.5) is 23.2 Å². The van der Waals surface area contributed by atoms with E-state index in [1.54, 1.807) is 4.90 Å². The molecule has 2 saturated heterocycles. The largest absolute Gasteiger partial charge is 0.416 e. The molecule has 0 unspecified atom stereocenters. The standard InChI is InChI=1S/C28H25F4N3O4/c1-2-18-5-8-23(22(29)13-18)34-17-24(36)35(16-19-3-6-21(7-4-19)28(30,31)32)27(26(34)38)14-20(15-27)25(37)33-9-11-39-12-10-33/h1,3-8,13,20H,9-12,14-17H2. The van der Waals surface area contributed by atoms with Crippen molar-refractivity contribution >= 4 is 23.4 Å². The van der Waals surface area contributed by atoms with Crippen LogP contribution in [0.15, 0.2) is 42.5 Å². The molecule has 7 nitrogen and oxygen atoms in total. The van der Waals surface area contributed by atoms with Crippen LogP contribution in [0, 0.1) is 24.1 Å². The molecule has 11 heteroatoms. The Kier molecular flexibility index (Phi) is 6.84. The minimum Gasteiger partial charge on any atom is -0.378 e. The van der Waals surface area contributed by atoms with Gasteiger partial charge in [0.2, 0.25) is 11.8 Å². The van der Waals surface area contributed by atoms with Crippen molar-refractivity contribution in [3.63, 3.8) is 0 Å². The van der Waals surface area contributed by atoms with Crippen molar-refractivity contribution in [2.75, 3.05) is 37.7 Å². The van der Waals surface area contributed by atoms with E-state index in [-0.39, 0.29) is 36.5 Å². The predicted octanol–water partition coefficient (Wildman–Crippen LogP) is 3.21. The van der Waals surface area contributed by atoms with Crippen molar-refractivity contribution in [3.8, 4) is 12.3 Å². The molecule has 2 aromatic carbocycles. The Morgan fingerprint density at radius 2 is 1.74 bits per heavy atom. The predicted molar refractivity (Wildman–Crippen MR) is 132 cm³/mol. The highest BCUT2D eigenvalue weighted by atomic mass is 19.4. The monoisotopic (exact) mass is 543 g/mol. The van der Waals surface area contributed by atoms with Crippen LogP contribution in [0.2, 0.25) is 0 Å². The van der Waals surface area contributed by atoms with Gasteiger partial charge in [-0.15, -0.1) is 6.42 Å². The number of rotatable bonds is 4. The van der Waals surface area contributed by atoms with E-state index in [0.717, 1.165) is 23.1 Å². The number of alkyl halides is 3. The molecule has 5 rings (SSSR count). The topological polar surface area (TPSA) is 70.2 Å². The number of ether oxygens (including phenoxy) is 1. The van der Waals surface area contributed by atoms with Crippen LogP contribution in [0.1, 0.15) is 29.5 Å². The molecule has 204 valence electrons. The number of carbonyl (C=O) groups excluding carboxylic acids is 3. The summed E-state index contributed by atoms with van der Waals surface area (Å²) in [4.78, 5) is 44.6. The second-order valence-corrected chi connectivity index (χ2v) is 9.95. The van der Waals surface area contributed by atoms with Crippen LogP contribution in [-0.4, -0.2) is 65.9 Å². The van der Waals surface area contributed by atoms with Gasteiger partial charge < -0.3 is 14.5 Å². The number of piperazine rings is 1. The number of hydrogen-bond acceptors (Lipinski definition) is 4. The fourth-order valence-corrected chi connectivity index (χ4v) is 5.50. The smallest absolute Gasteiger partial charge is 0.378 e. The molecule has 1 spiro atoms. The summed E-state index contributed by atoms with van der Waals surface area (Å²) < 4.78 is 59.3. The number of halogens is 4. The van der Waals surface area contributed by atoms with Gasteiger partial charge in [0.25, 0.3) is 5.91 Å². The van der Waals surface area contributed by atoms with Crippen LogP contribution in [0.25, 0.3) is 0 Å². The van der Waals surface area contributed by atoms with Gasteiger partial charge in [-0.3, -0.25) is 19.3 Å². The van der Waals surface area contributed by atoms with Crippen LogP contribution in [0.5, 0.6) is 0 Å². The highest BCUT2D eigenvalue weighted by Gasteiger charge is 2.62. The molecule has 1 saturated carbocycles. The van der Waals surface area contributed by atoms with Gasteiger partial charge >= 0.3 is 6.18 Å². The Hall–Kier alpha value is -3.91. The third-order valence-electron chi connectivity index (χ3n) is 7.62. The molecule has 3 fully saturated rings. The average molecular weight is 544 g/mol. The van der Waals surface area contributed by atoms with Gasteiger partial charge in [0.1, 0.15) is 17.9 Å². The third kappa shape index (κ3) is 4.85. The summed E-state index contributed by atoms with van der Waals surface area (Å²) in [6.07, 6.45) is 0.865. The van der Waals surface area contributed by atoms with E-state index in [4.69, 9.17) is 11.2 Å². The quantitative estimate of drug-likeness (QED) is 0.439. The van der Waals surface area contributed by atoms with Crippen molar-refractivity contribution < 1.29 is 36.7 Å².